The highest BCUT2D eigenvalue weighted by molar-refractivity contribution is 7.92. The van der Waals surface area contributed by atoms with Crippen LogP contribution in [0.5, 0.6) is 5.75 Å². The van der Waals surface area contributed by atoms with Crippen molar-refractivity contribution in [1.29, 1.82) is 10.8 Å². The van der Waals surface area contributed by atoms with Crippen molar-refractivity contribution in [2.75, 3.05) is 23.9 Å². The Labute approximate surface area is 242 Å². The minimum Gasteiger partial charge on any atom is -0.490 e. The molecule has 41 heavy (non-hydrogen) atoms. The molecule has 1 saturated heterocycles. The molecule has 2 heterocycles. The lowest BCUT2D eigenvalue weighted by Crippen LogP contribution is -2.41. The number of hydrogen-bond donors (Lipinski definition) is 3. The van der Waals surface area contributed by atoms with Crippen LogP contribution < -0.4 is 14.8 Å². The molecule has 0 atom stereocenters. The number of benzene rings is 3. The van der Waals surface area contributed by atoms with Crippen LogP contribution in [0.15, 0.2) is 77.7 Å². The average Bonchev–Trinajstić information content (AvgIpc) is 3.00. The maximum Gasteiger partial charge on any atom is 0.264 e. The second-order valence-electron chi connectivity index (χ2n) is 10.6. The summed E-state index contributed by atoms with van der Waals surface area (Å²) in [5.41, 5.74) is 9.31. The first-order chi connectivity index (χ1) is 19.7. The standard InChI is InChI=1S/C31H38N6O3S/c1-2-30(32)35-18-15-28(16-19-35)40-27-10-12-29(13-11-27)41(38,39)37(21-23-6-4-3-5-7-23)26-9-8-24-14-17-36(31(33)34)22-25(24)20-26/h3-13,20,28,32H,2,14-19,21-22H2,1H3,(H3,33,34). The van der Waals surface area contributed by atoms with Crippen LogP contribution in [-0.4, -0.2) is 55.8 Å². The summed E-state index contributed by atoms with van der Waals surface area (Å²) >= 11 is 0. The smallest absolute Gasteiger partial charge is 0.264 e. The fraction of sp³-hybridized carbons (Fsp3) is 0.355. The fourth-order valence-electron chi connectivity index (χ4n) is 5.45. The van der Waals surface area contributed by atoms with E-state index in [-0.39, 0.29) is 23.5 Å². The van der Waals surface area contributed by atoms with Gasteiger partial charge in [0.1, 0.15) is 11.9 Å². The molecule has 2 aliphatic rings. The fourth-order valence-corrected chi connectivity index (χ4v) is 6.89. The summed E-state index contributed by atoms with van der Waals surface area (Å²) in [6, 6.07) is 22.0. The van der Waals surface area contributed by atoms with Gasteiger partial charge in [-0.1, -0.05) is 43.3 Å². The van der Waals surface area contributed by atoms with Crippen molar-refractivity contribution in [3.8, 4) is 5.75 Å². The summed E-state index contributed by atoms with van der Waals surface area (Å²) in [6.45, 7) is 4.91. The van der Waals surface area contributed by atoms with Crippen LogP contribution in [0.2, 0.25) is 0 Å². The maximum absolute atomic E-state index is 14.1. The number of likely N-dealkylation sites (tertiary alicyclic amines) is 1. The molecular weight excluding hydrogens is 536 g/mol. The van der Waals surface area contributed by atoms with Crippen molar-refractivity contribution >= 4 is 27.5 Å². The number of nitrogens with two attached hydrogens (primary N) is 1. The van der Waals surface area contributed by atoms with E-state index in [4.69, 9.17) is 21.3 Å². The third kappa shape index (κ3) is 6.48. The average molecular weight is 575 g/mol. The quantitative estimate of drug-likeness (QED) is 0.267. The van der Waals surface area contributed by atoms with E-state index in [0.717, 1.165) is 55.5 Å². The van der Waals surface area contributed by atoms with Crippen LogP contribution in [0.3, 0.4) is 0 Å². The van der Waals surface area contributed by atoms with Crippen molar-refractivity contribution in [3.63, 3.8) is 0 Å². The minimum absolute atomic E-state index is 0.0168. The summed E-state index contributed by atoms with van der Waals surface area (Å²) < 4.78 is 35.8. The first kappa shape index (κ1) is 28.5. The Kier molecular flexibility index (Phi) is 8.49. The monoisotopic (exact) mass is 574 g/mol. The second-order valence-corrected chi connectivity index (χ2v) is 12.4. The van der Waals surface area contributed by atoms with Gasteiger partial charge in [-0.3, -0.25) is 15.1 Å². The molecule has 2 aliphatic heterocycles. The predicted molar refractivity (Wildman–Crippen MR) is 162 cm³/mol. The van der Waals surface area contributed by atoms with E-state index in [1.807, 2.05) is 55.5 Å². The number of guanidine groups is 1. The third-order valence-electron chi connectivity index (χ3n) is 7.87. The number of anilines is 1. The number of ether oxygens (including phenoxy) is 1. The summed E-state index contributed by atoms with van der Waals surface area (Å²) in [4.78, 5) is 4.07. The number of rotatable bonds is 8. The van der Waals surface area contributed by atoms with Crippen molar-refractivity contribution in [2.24, 2.45) is 5.73 Å². The van der Waals surface area contributed by atoms with Gasteiger partial charge in [-0.05, 0) is 59.5 Å². The predicted octanol–water partition coefficient (Wildman–Crippen LogP) is 4.56. The zero-order valence-corrected chi connectivity index (χ0v) is 24.2. The van der Waals surface area contributed by atoms with Gasteiger partial charge in [0.2, 0.25) is 0 Å². The van der Waals surface area contributed by atoms with E-state index in [9.17, 15) is 8.42 Å². The van der Waals surface area contributed by atoms with E-state index >= 15 is 0 Å². The molecule has 1 fully saturated rings. The molecule has 0 bridgehead atoms. The molecule has 0 aliphatic carbocycles. The van der Waals surface area contributed by atoms with E-state index in [0.29, 0.717) is 30.4 Å². The Balaban J connectivity index is 1.37. The highest BCUT2D eigenvalue weighted by Crippen LogP contribution is 2.31. The number of nitrogens with zero attached hydrogens (tertiary/aromatic N) is 3. The van der Waals surface area contributed by atoms with Crippen molar-refractivity contribution in [1.82, 2.24) is 9.80 Å². The van der Waals surface area contributed by atoms with E-state index in [2.05, 4.69) is 4.90 Å². The SMILES string of the molecule is CCC(=N)N1CCC(Oc2ccc(S(=O)(=O)N(Cc3ccccc3)c3ccc4c(c3)CN(C(=N)N)CC4)cc2)CC1. The Hall–Kier alpha value is -4.05. The van der Waals surface area contributed by atoms with Crippen LogP contribution >= 0.6 is 0 Å². The molecule has 5 rings (SSSR count). The Morgan fingerprint density at radius 1 is 0.951 bits per heavy atom. The lowest BCUT2D eigenvalue weighted by atomic mass is 9.99. The van der Waals surface area contributed by atoms with Gasteiger partial charge in [0, 0.05) is 45.4 Å². The first-order valence-electron chi connectivity index (χ1n) is 14.1. The van der Waals surface area contributed by atoms with E-state index in [1.165, 1.54) is 4.31 Å². The second kappa shape index (κ2) is 12.2. The van der Waals surface area contributed by atoms with Crippen LogP contribution in [0.25, 0.3) is 0 Å². The first-order valence-corrected chi connectivity index (χ1v) is 15.5. The van der Waals surface area contributed by atoms with Gasteiger partial charge in [0.25, 0.3) is 10.0 Å². The molecule has 4 N–H and O–H groups in total. The molecule has 216 valence electrons. The Morgan fingerprint density at radius 3 is 2.32 bits per heavy atom. The van der Waals surface area contributed by atoms with Gasteiger partial charge in [-0.2, -0.15) is 0 Å². The third-order valence-corrected chi connectivity index (χ3v) is 9.66. The summed E-state index contributed by atoms with van der Waals surface area (Å²) in [6.07, 6.45) is 3.17. The van der Waals surface area contributed by atoms with Crippen molar-refractivity contribution in [2.45, 2.75) is 56.7 Å². The molecule has 0 amide bonds. The number of fused-ring (bicyclic) bond motifs is 1. The highest BCUT2D eigenvalue weighted by atomic mass is 32.2. The molecular formula is C31H38N6O3S. The highest BCUT2D eigenvalue weighted by Gasteiger charge is 2.28. The van der Waals surface area contributed by atoms with Gasteiger partial charge in [-0.25, -0.2) is 8.42 Å². The van der Waals surface area contributed by atoms with Gasteiger partial charge in [0.15, 0.2) is 5.96 Å². The van der Waals surface area contributed by atoms with Gasteiger partial charge in [-0.15, -0.1) is 0 Å². The molecule has 3 aromatic rings. The zero-order valence-electron chi connectivity index (χ0n) is 23.4. The van der Waals surface area contributed by atoms with Crippen LogP contribution in [0, 0.1) is 10.8 Å². The van der Waals surface area contributed by atoms with E-state index < -0.39 is 10.0 Å². The topological polar surface area (TPSA) is 127 Å². The number of piperidine rings is 1. The molecule has 10 heteroatoms. The summed E-state index contributed by atoms with van der Waals surface area (Å²) in [7, 11) is -3.91. The minimum atomic E-state index is -3.91. The Bertz CT molecular complexity index is 1490. The lowest BCUT2D eigenvalue weighted by molar-refractivity contribution is 0.130. The summed E-state index contributed by atoms with van der Waals surface area (Å²) in [5, 5.41) is 15.9. The number of hydrogen-bond acceptors (Lipinski definition) is 5. The zero-order chi connectivity index (χ0) is 29.0. The van der Waals surface area contributed by atoms with Crippen LogP contribution in [0.1, 0.15) is 42.9 Å². The largest absolute Gasteiger partial charge is 0.490 e. The molecule has 0 saturated carbocycles. The number of sulfonamides is 1. The van der Waals surface area contributed by atoms with Crippen LogP contribution in [0.4, 0.5) is 5.69 Å². The number of amidine groups is 1. The van der Waals surface area contributed by atoms with Gasteiger partial charge < -0.3 is 20.3 Å². The molecule has 9 nitrogen and oxygen atoms in total. The normalized spacial score (nSPS) is 15.7. The number of nitrogens with one attached hydrogen (secondary N) is 2. The molecule has 3 aromatic carbocycles. The van der Waals surface area contributed by atoms with Gasteiger partial charge >= 0.3 is 0 Å². The van der Waals surface area contributed by atoms with Crippen molar-refractivity contribution < 1.29 is 13.2 Å². The van der Waals surface area contributed by atoms with Crippen LogP contribution in [-0.2, 0) is 29.5 Å². The molecule has 0 unspecified atom stereocenters. The maximum atomic E-state index is 14.1. The van der Waals surface area contributed by atoms with E-state index in [1.54, 1.807) is 29.2 Å². The molecule has 0 radical (unpaired) electrons. The molecule has 0 spiro atoms. The lowest BCUT2D eigenvalue weighted by Gasteiger charge is -2.33. The molecule has 0 aromatic heterocycles. The van der Waals surface area contributed by atoms with Gasteiger partial charge in [0.05, 0.1) is 23.0 Å². The van der Waals surface area contributed by atoms with Crippen molar-refractivity contribution in [3.05, 3.63) is 89.5 Å². The summed E-state index contributed by atoms with van der Waals surface area (Å²) in [5.74, 6) is 1.32. The Morgan fingerprint density at radius 2 is 1.66 bits per heavy atom.